The highest BCUT2D eigenvalue weighted by Gasteiger charge is 2.36. The highest BCUT2D eigenvalue weighted by molar-refractivity contribution is 7.88. The molecule has 19 heavy (non-hydrogen) atoms. The van der Waals surface area contributed by atoms with Crippen LogP contribution in [0.3, 0.4) is 0 Å². The highest BCUT2D eigenvalue weighted by Crippen LogP contribution is 2.32. The minimum Gasteiger partial charge on any atom is -0.340 e. The number of piperazine rings is 1. The molecule has 1 amide bonds. The predicted octanol–water partition coefficient (Wildman–Crippen LogP) is -0.535. The average Bonchev–Trinajstić information content (AvgIpc) is 2.85. The molecule has 1 saturated carbocycles. The van der Waals surface area contributed by atoms with Gasteiger partial charge in [0.25, 0.3) is 0 Å². The van der Waals surface area contributed by atoms with Crippen LogP contribution in [0, 0.1) is 11.8 Å². The van der Waals surface area contributed by atoms with Gasteiger partial charge in [-0.3, -0.25) is 4.79 Å². The Bertz CT molecular complexity index is 430. The quantitative estimate of drug-likeness (QED) is 0.757. The number of rotatable bonds is 3. The van der Waals surface area contributed by atoms with E-state index in [9.17, 15) is 13.2 Å². The molecule has 2 unspecified atom stereocenters. The van der Waals surface area contributed by atoms with E-state index in [0.717, 1.165) is 19.3 Å². The Kier molecular flexibility index (Phi) is 4.47. The first-order chi connectivity index (χ1) is 8.93. The molecule has 0 aromatic carbocycles. The van der Waals surface area contributed by atoms with Gasteiger partial charge in [-0.25, -0.2) is 8.42 Å². The van der Waals surface area contributed by atoms with E-state index in [-0.39, 0.29) is 11.8 Å². The van der Waals surface area contributed by atoms with Crippen molar-refractivity contribution in [3.05, 3.63) is 0 Å². The van der Waals surface area contributed by atoms with Crippen LogP contribution in [0.25, 0.3) is 0 Å². The van der Waals surface area contributed by atoms with Gasteiger partial charge in [-0.1, -0.05) is 6.42 Å². The van der Waals surface area contributed by atoms with E-state index < -0.39 is 10.0 Å². The first-order valence-corrected chi connectivity index (χ1v) is 8.72. The van der Waals surface area contributed by atoms with Crippen molar-refractivity contribution in [2.24, 2.45) is 17.6 Å². The standard InChI is InChI=1S/C12H23N3O3S/c1-19(17,18)15-7-5-14(6-8-15)12(16)11-4-2-3-10(11)9-13/h10-11H,2-9,13H2,1H3. The van der Waals surface area contributed by atoms with Crippen LogP contribution in [0.15, 0.2) is 0 Å². The van der Waals surface area contributed by atoms with Crippen LogP contribution in [0.5, 0.6) is 0 Å². The third kappa shape index (κ3) is 3.27. The van der Waals surface area contributed by atoms with E-state index in [1.807, 2.05) is 0 Å². The Morgan fingerprint density at radius 3 is 2.37 bits per heavy atom. The van der Waals surface area contributed by atoms with Crippen molar-refractivity contribution in [2.45, 2.75) is 19.3 Å². The third-order valence-electron chi connectivity index (χ3n) is 4.30. The van der Waals surface area contributed by atoms with Crippen molar-refractivity contribution in [1.82, 2.24) is 9.21 Å². The van der Waals surface area contributed by atoms with Gasteiger partial charge in [0.1, 0.15) is 0 Å². The maximum Gasteiger partial charge on any atom is 0.226 e. The molecule has 2 atom stereocenters. The number of amides is 1. The van der Waals surface area contributed by atoms with Crippen LogP contribution in [0.1, 0.15) is 19.3 Å². The molecule has 0 aromatic rings. The van der Waals surface area contributed by atoms with E-state index in [2.05, 4.69) is 0 Å². The number of nitrogens with two attached hydrogens (primary N) is 1. The Morgan fingerprint density at radius 1 is 1.21 bits per heavy atom. The second-order valence-electron chi connectivity index (χ2n) is 5.52. The molecule has 7 heteroatoms. The predicted molar refractivity (Wildman–Crippen MR) is 72.9 cm³/mol. The number of sulfonamides is 1. The lowest BCUT2D eigenvalue weighted by Crippen LogP contribution is -2.52. The van der Waals surface area contributed by atoms with Gasteiger partial charge in [-0.05, 0) is 25.3 Å². The zero-order chi connectivity index (χ0) is 14.0. The van der Waals surface area contributed by atoms with Crippen molar-refractivity contribution in [1.29, 1.82) is 0 Å². The molecule has 6 nitrogen and oxygen atoms in total. The molecule has 2 rings (SSSR count). The zero-order valence-corrected chi connectivity index (χ0v) is 12.2. The minimum absolute atomic E-state index is 0.0507. The average molecular weight is 289 g/mol. The fraction of sp³-hybridized carbons (Fsp3) is 0.917. The summed E-state index contributed by atoms with van der Waals surface area (Å²) in [6.45, 7) is 2.38. The smallest absolute Gasteiger partial charge is 0.226 e. The number of nitrogens with zero attached hydrogens (tertiary/aromatic N) is 2. The molecule has 0 spiro atoms. The Hall–Kier alpha value is -0.660. The number of hydrogen-bond acceptors (Lipinski definition) is 4. The normalized spacial score (nSPS) is 29.7. The van der Waals surface area contributed by atoms with Crippen LogP contribution in [0.2, 0.25) is 0 Å². The fourth-order valence-corrected chi connectivity index (χ4v) is 3.95. The Labute approximate surface area is 115 Å². The van der Waals surface area contributed by atoms with E-state index in [1.165, 1.54) is 10.6 Å². The molecular formula is C12H23N3O3S. The fourth-order valence-electron chi connectivity index (χ4n) is 3.12. The first kappa shape index (κ1) is 14.7. The second-order valence-corrected chi connectivity index (χ2v) is 7.50. The monoisotopic (exact) mass is 289 g/mol. The molecule has 0 bridgehead atoms. The van der Waals surface area contributed by atoms with Crippen molar-refractivity contribution in [3.63, 3.8) is 0 Å². The Morgan fingerprint density at radius 2 is 1.84 bits per heavy atom. The number of carbonyl (C=O) groups excluding carboxylic acids is 1. The van der Waals surface area contributed by atoms with Gasteiger partial charge >= 0.3 is 0 Å². The molecule has 1 heterocycles. The van der Waals surface area contributed by atoms with Crippen molar-refractivity contribution in [2.75, 3.05) is 39.0 Å². The van der Waals surface area contributed by atoms with Crippen molar-refractivity contribution in [3.8, 4) is 0 Å². The van der Waals surface area contributed by atoms with E-state index >= 15 is 0 Å². The van der Waals surface area contributed by atoms with E-state index in [1.54, 1.807) is 4.90 Å². The molecule has 1 aliphatic carbocycles. The number of carbonyl (C=O) groups is 1. The first-order valence-electron chi connectivity index (χ1n) is 6.87. The summed E-state index contributed by atoms with van der Waals surface area (Å²) in [5.41, 5.74) is 5.71. The molecule has 0 aromatic heterocycles. The maximum absolute atomic E-state index is 12.4. The molecule has 0 radical (unpaired) electrons. The molecule has 1 saturated heterocycles. The summed E-state index contributed by atoms with van der Waals surface area (Å²) in [7, 11) is -3.13. The maximum atomic E-state index is 12.4. The topological polar surface area (TPSA) is 83.7 Å². The summed E-state index contributed by atoms with van der Waals surface area (Å²) in [4.78, 5) is 14.2. The molecule has 1 aliphatic heterocycles. The lowest BCUT2D eigenvalue weighted by Gasteiger charge is -2.35. The van der Waals surface area contributed by atoms with Crippen LogP contribution < -0.4 is 5.73 Å². The van der Waals surface area contributed by atoms with E-state index in [4.69, 9.17) is 5.73 Å². The Balaban J connectivity index is 1.92. The van der Waals surface area contributed by atoms with Gasteiger partial charge in [-0.15, -0.1) is 0 Å². The highest BCUT2D eigenvalue weighted by atomic mass is 32.2. The SMILES string of the molecule is CS(=O)(=O)N1CCN(C(=O)C2CCCC2CN)CC1. The van der Waals surface area contributed by atoms with Crippen molar-refractivity contribution < 1.29 is 13.2 Å². The van der Waals surface area contributed by atoms with Gasteiger partial charge < -0.3 is 10.6 Å². The van der Waals surface area contributed by atoms with Gasteiger partial charge in [0.2, 0.25) is 15.9 Å². The van der Waals surface area contributed by atoms with E-state index in [0.29, 0.717) is 38.6 Å². The number of hydrogen-bond donors (Lipinski definition) is 1. The lowest BCUT2D eigenvalue weighted by molar-refractivity contribution is -0.137. The molecular weight excluding hydrogens is 266 g/mol. The van der Waals surface area contributed by atoms with Gasteiger partial charge in [0, 0.05) is 32.1 Å². The summed E-state index contributed by atoms with van der Waals surface area (Å²) >= 11 is 0. The third-order valence-corrected chi connectivity index (χ3v) is 5.60. The summed E-state index contributed by atoms with van der Waals surface area (Å²) in [5, 5.41) is 0. The molecule has 2 aliphatic rings. The van der Waals surface area contributed by atoms with Gasteiger partial charge in [-0.2, -0.15) is 4.31 Å². The largest absolute Gasteiger partial charge is 0.340 e. The summed E-state index contributed by atoms with van der Waals surface area (Å²) in [5.74, 6) is 0.524. The van der Waals surface area contributed by atoms with Crippen LogP contribution >= 0.6 is 0 Å². The summed E-state index contributed by atoms with van der Waals surface area (Å²) in [6.07, 6.45) is 4.25. The molecule has 2 N–H and O–H groups in total. The summed E-state index contributed by atoms with van der Waals surface area (Å²) < 4.78 is 24.3. The van der Waals surface area contributed by atoms with Crippen molar-refractivity contribution >= 4 is 15.9 Å². The summed E-state index contributed by atoms with van der Waals surface area (Å²) in [6, 6.07) is 0. The van der Waals surface area contributed by atoms with Crippen LogP contribution in [0.4, 0.5) is 0 Å². The minimum atomic E-state index is -3.13. The molecule has 2 fully saturated rings. The van der Waals surface area contributed by atoms with Crippen LogP contribution in [-0.2, 0) is 14.8 Å². The molecule has 110 valence electrons. The second kappa shape index (κ2) is 5.76. The zero-order valence-electron chi connectivity index (χ0n) is 11.4. The van der Waals surface area contributed by atoms with Gasteiger partial charge in [0.05, 0.1) is 6.26 Å². The lowest BCUT2D eigenvalue weighted by atomic mass is 9.94. The van der Waals surface area contributed by atoms with Gasteiger partial charge in [0.15, 0.2) is 0 Å². The van der Waals surface area contributed by atoms with Crippen LogP contribution in [-0.4, -0.2) is 62.5 Å².